The van der Waals surface area contributed by atoms with Crippen molar-refractivity contribution in [2.45, 2.75) is 39.2 Å². The van der Waals surface area contributed by atoms with Crippen molar-refractivity contribution >= 4 is 17.6 Å². The van der Waals surface area contributed by atoms with Crippen LogP contribution in [0.15, 0.2) is 30.5 Å². The van der Waals surface area contributed by atoms with Crippen molar-refractivity contribution in [2.75, 3.05) is 13.7 Å². The van der Waals surface area contributed by atoms with Crippen LogP contribution in [-0.2, 0) is 9.47 Å². The van der Waals surface area contributed by atoms with Gasteiger partial charge in [-0.15, -0.1) is 0 Å². The third-order valence-corrected chi connectivity index (χ3v) is 3.44. The van der Waals surface area contributed by atoms with Crippen LogP contribution in [0.25, 0.3) is 5.57 Å². The van der Waals surface area contributed by atoms with Crippen LogP contribution in [0.1, 0.15) is 49.5 Å². The number of nitrogens with zero attached hydrogens (tertiary/aromatic N) is 1. The number of methoxy groups -OCH3 is 1. The zero-order chi connectivity index (χ0) is 17.0. The van der Waals surface area contributed by atoms with Crippen LogP contribution < -0.4 is 0 Å². The van der Waals surface area contributed by atoms with Gasteiger partial charge in [0, 0.05) is 12.7 Å². The van der Waals surface area contributed by atoms with Crippen molar-refractivity contribution in [3.05, 3.63) is 41.6 Å². The number of amides is 1. The Labute approximate surface area is 136 Å². The zero-order valence-electron chi connectivity index (χ0n) is 14.1. The Morgan fingerprint density at radius 2 is 1.96 bits per heavy atom. The van der Waals surface area contributed by atoms with Gasteiger partial charge in [0.1, 0.15) is 5.60 Å². The number of carbonyl (C=O) groups excluding carboxylic acids is 2. The van der Waals surface area contributed by atoms with E-state index in [1.807, 2.05) is 39.1 Å². The molecule has 0 atom stereocenters. The molecule has 2 rings (SSSR count). The Balaban J connectivity index is 2.22. The lowest BCUT2D eigenvalue weighted by Gasteiger charge is -2.28. The maximum Gasteiger partial charge on any atom is 0.414 e. The molecule has 5 heteroatoms. The molecule has 1 aromatic carbocycles. The normalized spacial score (nSPS) is 15.0. The second-order valence-corrected chi connectivity index (χ2v) is 6.50. The van der Waals surface area contributed by atoms with Crippen LogP contribution in [0.4, 0.5) is 4.79 Å². The largest absolute Gasteiger partial charge is 0.465 e. The monoisotopic (exact) mass is 317 g/mol. The maximum absolute atomic E-state index is 12.2. The lowest BCUT2D eigenvalue weighted by molar-refractivity contribution is 0.0329. The number of benzene rings is 1. The number of allylic oxidation sites excluding steroid dienone is 1. The van der Waals surface area contributed by atoms with E-state index in [0.717, 1.165) is 24.0 Å². The van der Waals surface area contributed by atoms with Crippen LogP contribution in [0.3, 0.4) is 0 Å². The molecule has 124 valence electrons. The molecule has 0 spiro atoms. The van der Waals surface area contributed by atoms with E-state index in [1.165, 1.54) is 7.11 Å². The van der Waals surface area contributed by atoms with E-state index in [9.17, 15) is 9.59 Å². The van der Waals surface area contributed by atoms with Gasteiger partial charge in [-0.3, -0.25) is 4.90 Å². The minimum atomic E-state index is -0.521. The smallest absolute Gasteiger partial charge is 0.414 e. The summed E-state index contributed by atoms with van der Waals surface area (Å²) in [5.41, 5.74) is 1.90. The van der Waals surface area contributed by atoms with E-state index < -0.39 is 5.60 Å². The summed E-state index contributed by atoms with van der Waals surface area (Å²) < 4.78 is 10.2. The van der Waals surface area contributed by atoms with Crippen molar-refractivity contribution in [1.29, 1.82) is 0 Å². The molecule has 23 heavy (non-hydrogen) atoms. The molecule has 0 unspecified atom stereocenters. The summed E-state index contributed by atoms with van der Waals surface area (Å²) in [5.74, 6) is -0.368. The van der Waals surface area contributed by atoms with Gasteiger partial charge in [0.05, 0.1) is 12.7 Å². The number of rotatable bonds is 2. The molecule has 1 aromatic rings. The van der Waals surface area contributed by atoms with Gasteiger partial charge in [-0.1, -0.05) is 12.1 Å². The molecule has 1 heterocycles. The summed E-state index contributed by atoms with van der Waals surface area (Å²) in [6.45, 7) is 6.17. The second-order valence-electron chi connectivity index (χ2n) is 6.50. The number of hydrogen-bond acceptors (Lipinski definition) is 4. The highest BCUT2D eigenvalue weighted by molar-refractivity contribution is 5.90. The minimum Gasteiger partial charge on any atom is -0.465 e. The molecule has 0 N–H and O–H groups in total. The Kier molecular flexibility index (Phi) is 5.08. The number of ether oxygens (including phenoxy) is 2. The Hall–Kier alpha value is -2.30. The Morgan fingerprint density at radius 1 is 1.22 bits per heavy atom. The number of carbonyl (C=O) groups is 2. The van der Waals surface area contributed by atoms with Gasteiger partial charge in [0.2, 0.25) is 0 Å². The minimum absolute atomic E-state index is 0.348. The first-order valence-electron chi connectivity index (χ1n) is 7.69. The van der Waals surface area contributed by atoms with Crippen molar-refractivity contribution in [2.24, 2.45) is 0 Å². The zero-order valence-corrected chi connectivity index (χ0v) is 14.1. The molecule has 0 radical (unpaired) electrons. The van der Waals surface area contributed by atoms with Crippen LogP contribution in [0.2, 0.25) is 0 Å². The average molecular weight is 317 g/mol. The fourth-order valence-electron chi connectivity index (χ4n) is 2.40. The van der Waals surface area contributed by atoms with Crippen LogP contribution in [0.5, 0.6) is 0 Å². The van der Waals surface area contributed by atoms with Gasteiger partial charge in [-0.2, -0.15) is 0 Å². The third kappa shape index (κ3) is 4.58. The van der Waals surface area contributed by atoms with Crippen molar-refractivity contribution in [3.63, 3.8) is 0 Å². The standard InChI is InChI=1S/C18H23NO4/c1-18(2,3)23-17(21)19-10-6-9-15(12-19)13-7-5-8-14(11-13)16(20)22-4/h5,7-8,11-12H,6,9-10H2,1-4H3. The van der Waals surface area contributed by atoms with Crippen molar-refractivity contribution in [3.8, 4) is 0 Å². The SMILES string of the molecule is COC(=O)c1cccc(C2=CN(C(=O)OC(C)(C)C)CCC2)c1. The molecule has 5 nitrogen and oxygen atoms in total. The van der Waals surface area contributed by atoms with Gasteiger partial charge >= 0.3 is 12.1 Å². The van der Waals surface area contributed by atoms with Gasteiger partial charge in [0.25, 0.3) is 0 Å². The quantitative estimate of drug-likeness (QED) is 0.778. The number of esters is 1. The van der Waals surface area contributed by atoms with Gasteiger partial charge in [0.15, 0.2) is 0 Å². The van der Waals surface area contributed by atoms with E-state index >= 15 is 0 Å². The summed E-state index contributed by atoms with van der Waals surface area (Å²) >= 11 is 0. The second kappa shape index (κ2) is 6.86. The number of hydrogen-bond donors (Lipinski definition) is 0. The van der Waals surface area contributed by atoms with Crippen molar-refractivity contribution in [1.82, 2.24) is 4.90 Å². The highest BCUT2D eigenvalue weighted by atomic mass is 16.6. The first-order valence-corrected chi connectivity index (χ1v) is 7.69. The molecular formula is C18H23NO4. The molecule has 0 aliphatic carbocycles. The highest BCUT2D eigenvalue weighted by Gasteiger charge is 2.23. The molecule has 0 saturated heterocycles. The first-order chi connectivity index (χ1) is 10.8. The van der Waals surface area contributed by atoms with E-state index in [4.69, 9.17) is 9.47 Å². The topological polar surface area (TPSA) is 55.8 Å². The van der Waals surface area contributed by atoms with Gasteiger partial charge < -0.3 is 9.47 Å². The van der Waals surface area contributed by atoms with E-state index in [-0.39, 0.29) is 12.1 Å². The third-order valence-electron chi connectivity index (χ3n) is 3.44. The van der Waals surface area contributed by atoms with E-state index in [0.29, 0.717) is 12.1 Å². The van der Waals surface area contributed by atoms with Crippen molar-refractivity contribution < 1.29 is 19.1 Å². The Bertz CT molecular complexity index is 628. The fourth-order valence-corrected chi connectivity index (χ4v) is 2.40. The molecule has 1 amide bonds. The van der Waals surface area contributed by atoms with E-state index in [1.54, 1.807) is 17.0 Å². The van der Waals surface area contributed by atoms with E-state index in [2.05, 4.69) is 0 Å². The van der Waals surface area contributed by atoms with Gasteiger partial charge in [-0.05, 0) is 56.9 Å². The van der Waals surface area contributed by atoms with Gasteiger partial charge in [-0.25, -0.2) is 9.59 Å². The summed E-state index contributed by atoms with van der Waals surface area (Å²) in [7, 11) is 1.36. The highest BCUT2D eigenvalue weighted by Crippen LogP contribution is 2.26. The summed E-state index contributed by atoms with van der Waals surface area (Å²) in [6.07, 6.45) is 3.17. The predicted octanol–water partition coefficient (Wildman–Crippen LogP) is 3.85. The van der Waals surface area contributed by atoms with Crippen LogP contribution in [0, 0.1) is 0 Å². The summed E-state index contributed by atoms with van der Waals surface area (Å²) in [5, 5.41) is 0. The van der Waals surface area contributed by atoms with Crippen LogP contribution >= 0.6 is 0 Å². The molecule has 0 saturated carbocycles. The first kappa shape index (κ1) is 17.1. The summed E-state index contributed by atoms with van der Waals surface area (Å²) in [6, 6.07) is 7.24. The lowest BCUT2D eigenvalue weighted by atomic mass is 9.98. The van der Waals surface area contributed by atoms with Crippen LogP contribution in [-0.4, -0.2) is 36.2 Å². The molecule has 1 aliphatic rings. The fraction of sp³-hybridized carbons (Fsp3) is 0.444. The molecule has 1 aliphatic heterocycles. The average Bonchev–Trinajstić information content (AvgIpc) is 2.53. The Morgan fingerprint density at radius 3 is 2.61 bits per heavy atom. The molecule has 0 aromatic heterocycles. The predicted molar refractivity (Wildman–Crippen MR) is 87.9 cm³/mol. The molecule has 0 fully saturated rings. The summed E-state index contributed by atoms with van der Waals surface area (Å²) in [4.78, 5) is 25.4. The molecular weight excluding hydrogens is 294 g/mol. The lowest BCUT2D eigenvalue weighted by Crippen LogP contribution is -2.35. The molecule has 0 bridgehead atoms. The maximum atomic E-state index is 12.2.